The summed E-state index contributed by atoms with van der Waals surface area (Å²) >= 11 is 13.0. The van der Waals surface area contributed by atoms with E-state index >= 15 is 0 Å². The number of hydrogen-bond donors (Lipinski definition) is 1. The van der Waals surface area contributed by atoms with Crippen LogP contribution in [-0.2, 0) is 21.6 Å². The van der Waals surface area contributed by atoms with Gasteiger partial charge in [0.05, 0.1) is 26.9 Å². The van der Waals surface area contributed by atoms with Gasteiger partial charge in [0, 0.05) is 23.7 Å². The molecule has 4 aliphatic rings. The van der Waals surface area contributed by atoms with Crippen molar-refractivity contribution in [3.8, 4) is 17.0 Å². The fourth-order valence-electron chi connectivity index (χ4n) is 6.55. The summed E-state index contributed by atoms with van der Waals surface area (Å²) in [7, 11) is 0. The number of carbonyl (C=O) groups is 2. The van der Waals surface area contributed by atoms with E-state index in [0.717, 1.165) is 61.1 Å². The molecule has 3 aliphatic carbocycles. The molecule has 9 heteroatoms. The molecule has 0 atom stereocenters. The van der Waals surface area contributed by atoms with Gasteiger partial charge in [0.25, 0.3) is 0 Å². The molecule has 0 unspecified atom stereocenters. The Labute approximate surface area is 242 Å². The number of carboxylic acid groups (broad SMARTS) is 1. The second-order valence-electron chi connectivity index (χ2n) is 11.8. The highest BCUT2D eigenvalue weighted by atomic mass is 35.5. The minimum atomic E-state index is -0.706. The topological polar surface area (TPSA) is 92.9 Å². The Kier molecular flexibility index (Phi) is 6.35. The van der Waals surface area contributed by atoms with Gasteiger partial charge in [-0.1, -0.05) is 34.4 Å². The Balaban J connectivity index is 1.12. The summed E-state index contributed by atoms with van der Waals surface area (Å²) in [5.74, 6) is 1.38. The zero-order valence-corrected chi connectivity index (χ0v) is 23.5. The smallest absolute Gasteiger partial charge is 0.306 e. The molecule has 2 heterocycles. The van der Waals surface area contributed by atoms with E-state index in [1.807, 2.05) is 23.1 Å². The van der Waals surface area contributed by atoms with Crippen LogP contribution in [0.1, 0.15) is 74.2 Å². The van der Waals surface area contributed by atoms with Crippen LogP contribution in [0.2, 0.25) is 10.0 Å². The second kappa shape index (κ2) is 9.81. The van der Waals surface area contributed by atoms with Crippen LogP contribution in [0.3, 0.4) is 0 Å². The number of hydrogen-bond acceptors (Lipinski definition) is 5. The first kappa shape index (κ1) is 25.9. The van der Waals surface area contributed by atoms with Crippen LogP contribution in [-0.4, -0.2) is 28.7 Å². The lowest BCUT2D eigenvalue weighted by molar-refractivity contribution is -0.143. The molecule has 0 radical (unpaired) electrons. The first-order valence-electron chi connectivity index (χ1n) is 14.1. The monoisotopic (exact) mass is 580 g/mol. The number of benzene rings is 2. The molecule has 208 valence electrons. The van der Waals surface area contributed by atoms with Crippen LogP contribution < -0.4 is 9.64 Å². The molecule has 1 N–H and O–H groups in total. The highest BCUT2D eigenvalue weighted by molar-refractivity contribution is 6.39. The molecule has 7 rings (SSSR count). The highest BCUT2D eigenvalue weighted by Crippen LogP contribution is 2.58. The van der Waals surface area contributed by atoms with Gasteiger partial charge in [-0.25, -0.2) is 0 Å². The minimum absolute atomic E-state index is 0.172. The minimum Gasteiger partial charge on any atom is -0.489 e. The fourth-order valence-corrected chi connectivity index (χ4v) is 7.13. The van der Waals surface area contributed by atoms with Gasteiger partial charge in [-0.2, -0.15) is 0 Å². The highest BCUT2D eigenvalue weighted by Gasteiger charge is 2.59. The van der Waals surface area contributed by atoms with Crippen molar-refractivity contribution >= 4 is 40.8 Å². The summed E-state index contributed by atoms with van der Waals surface area (Å²) in [6.07, 6.45) is 6.83. The van der Waals surface area contributed by atoms with Gasteiger partial charge in [0.15, 0.2) is 0 Å². The maximum absolute atomic E-state index is 13.6. The Hall–Kier alpha value is -3.03. The molecule has 1 spiro atoms. The SMILES string of the molecule is O=C(O)C1CCC(CN2C(=O)C3(CC3)c3cc(OCc4c(-c5c(Cl)cccc5Cl)noc4C4CC4)ccc32)CC1. The molecule has 1 aromatic heterocycles. The van der Waals surface area contributed by atoms with Crippen molar-refractivity contribution in [1.29, 1.82) is 0 Å². The van der Waals surface area contributed by atoms with Gasteiger partial charge in [-0.3, -0.25) is 9.59 Å². The summed E-state index contributed by atoms with van der Waals surface area (Å²) < 4.78 is 12.1. The lowest BCUT2D eigenvalue weighted by Crippen LogP contribution is -2.37. The van der Waals surface area contributed by atoms with Crippen molar-refractivity contribution in [1.82, 2.24) is 5.16 Å². The van der Waals surface area contributed by atoms with Crippen molar-refractivity contribution in [2.24, 2.45) is 11.8 Å². The summed E-state index contributed by atoms with van der Waals surface area (Å²) in [6, 6.07) is 11.3. The van der Waals surface area contributed by atoms with Crippen molar-refractivity contribution < 1.29 is 24.0 Å². The molecule has 3 fully saturated rings. The van der Waals surface area contributed by atoms with Gasteiger partial charge >= 0.3 is 5.97 Å². The second-order valence-corrected chi connectivity index (χ2v) is 12.6. The number of fused-ring (bicyclic) bond motifs is 2. The molecule has 0 saturated heterocycles. The Morgan fingerprint density at radius 1 is 1.07 bits per heavy atom. The van der Waals surface area contributed by atoms with Gasteiger partial charge in [0.1, 0.15) is 23.8 Å². The van der Waals surface area contributed by atoms with Crippen LogP contribution in [0.4, 0.5) is 5.69 Å². The van der Waals surface area contributed by atoms with Crippen LogP contribution in [0.15, 0.2) is 40.9 Å². The lowest BCUT2D eigenvalue weighted by atomic mass is 9.82. The molecule has 2 aromatic carbocycles. The van der Waals surface area contributed by atoms with E-state index in [-0.39, 0.29) is 18.4 Å². The molecule has 0 bridgehead atoms. The number of amides is 1. The van der Waals surface area contributed by atoms with Crippen LogP contribution in [0.25, 0.3) is 11.3 Å². The van der Waals surface area contributed by atoms with E-state index < -0.39 is 11.4 Å². The molecule has 3 saturated carbocycles. The van der Waals surface area contributed by atoms with E-state index in [4.69, 9.17) is 32.5 Å². The number of ether oxygens (including phenoxy) is 1. The first-order chi connectivity index (χ1) is 19.4. The van der Waals surface area contributed by atoms with Crippen molar-refractivity contribution in [3.63, 3.8) is 0 Å². The number of halogens is 2. The quantitative estimate of drug-likeness (QED) is 0.299. The molecule has 3 aromatic rings. The maximum atomic E-state index is 13.6. The largest absolute Gasteiger partial charge is 0.489 e. The first-order valence-corrected chi connectivity index (χ1v) is 14.9. The number of aromatic nitrogens is 1. The normalized spacial score (nSPS) is 22.9. The van der Waals surface area contributed by atoms with E-state index in [9.17, 15) is 14.7 Å². The molecule has 1 aliphatic heterocycles. The summed E-state index contributed by atoms with van der Waals surface area (Å²) in [6.45, 7) is 0.899. The number of carboxylic acids is 1. The Bertz CT molecular complexity index is 1480. The molecular weight excluding hydrogens is 551 g/mol. The number of rotatable bonds is 8. The van der Waals surface area contributed by atoms with E-state index in [1.54, 1.807) is 18.2 Å². The van der Waals surface area contributed by atoms with Crippen molar-refractivity contribution in [2.45, 2.75) is 69.3 Å². The van der Waals surface area contributed by atoms with Crippen LogP contribution in [0, 0.1) is 11.8 Å². The van der Waals surface area contributed by atoms with Crippen LogP contribution in [0.5, 0.6) is 5.75 Å². The van der Waals surface area contributed by atoms with Gasteiger partial charge in [-0.05, 0) is 93.2 Å². The zero-order chi connectivity index (χ0) is 27.6. The number of aliphatic carboxylic acids is 1. The third-order valence-electron chi connectivity index (χ3n) is 9.17. The Morgan fingerprint density at radius 2 is 1.80 bits per heavy atom. The average molecular weight is 581 g/mol. The Morgan fingerprint density at radius 3 is 2.45 bits per heavy atom. The standard InChI is InChI=1S/C31H30Cl2N2O5/c32-23-2-1-3-24(33)26(23)27-21(28(40-34-27)18-8-9-18)16-39-20-10-11-25-22(14-20)31(12-13-31)30(38)35(25)15-17-4-6-19(7-5-17)29(36)37/h1-3,10-11,14,17-19H,4-9,12-13,15-16H2,(H,36,37). The zero-order valence-electron chi connectivity index (χ0n) is 22.0. The van der Waals surface area contributed by atoms with Gasteiger partial charge in [0.2, 0.25) is 5.91 Å². The van der Waals surface area contributed by atoms with Crippen molar-refractivity contribution in [3.05, 3.63) is 63.3 Å². The van der Waals surface area contributed by atoms with E-state index in [0.29, 0.717) is 58.3 Å². The molecular formula is C31H30Cl2N2O5. The van der Waals surface area contributed by atoms with Crippen LogP contribution >= 0.6 is 23.2 Å². The summed E-state index contributed by atoms with van der Waals surface area (Å²) in [4.78, 5) is 26.9. The number of nitrogens with zero attached hydrogens (tertiary/aromatic N) is 2. The third-order valence-corrected chi connectivity index (χ3v) is 9.80. The van der Waals surface area contributed by atoms with Gasteiger partial charge in [-0.15, -0.1) is 0 Å². The van der Waals surface area contributed by atoms with Gasteiger partial charge < -0.3 is 19.3 Å². The fraction of sp³-hybridized carbons (Fsp3) is 0.452. The lowest BCUT2D eigenvalue weighted by Gasteiger charge is -2.30. The third kappa shape index (κ3) is 4.38. The molecule has 7 nitrogen and oxygen atoms in total. The maximum Gasteiger partial charge on any atom is 0.306 e. The van der Waals surface area contributed by atoms with E-state index in [1.165, 1.54) is 0 Å². The summed E-state index contributed by atoms with van der Waals surface area (Å²) in [5.41, 5.74) is 3.66. The molecule has 1 amide bonds. The van der Waals surface area contributed by atoms with E-state index in [2.05, 4.69) is 5.16 Å². The predicted octanol–water partition coefficient (Wildman–Crippen LogP) is 7.37. The average Bonchev–Trinajstić information content (AvgIpc) is 3.88. The predicted molar refractivity (Wildman–Crippen MR) is 151 cm³/mol. The molecule has 40 heavy (non-hydrogen) atoms. The summed E-state index contributed by atoms with van der Waals surface area (Å²) in [5, 5.41) is 14.7. The number of anilines is 1. The number of carbonyl (C=O) groups excluding carboxylic acids is 1. The van der Waals surface area contributed by atoms with Crippen molar-refractivity contribution in [2.75, 3.05) is 11.4 Å².